The molecule has 0 bridgehead atoms. The lowest BCUT2D eigenvalue weighted by molar-refractivity contribution is -0.253. The zero-order valence-corrected chi connectivity index (χ0v) is 32.9. The maximum absolute atomic E-state index is 13.4. The summed E-state index contributed by atoms with van der Waals surface area (Å²) >= 11 is 1.68. The summed E-state index contributed by atoms with van der Waals surface area (Å²) in [4.78, 5) is 22.2. The SMILES string of the molecule is C=CCOC12Oc3ccc(Oc4ccc(SC)cc4)cc3C3C(CCCCO)C(CCCCO)C=C(C(=NOCc4ccccc4)CC1N(C)C(=O)OC)C32. The van der Waals surface area contributed by atoms with E-state index in [9.17, 15) is 15.0 Å². The molecular weight excluding hydrogens is 717 g/mol. The van der Waals surface area contributed by atoms with Crippen LogP contribution in [0.15, 0.2) is 107 Å². The minimum Gasteiger partial charge on any atom is -0.459 e. The third-order valence-electron chi connectivity index (χ3n) is 11.1. The van der Waals surface area contributed by atoms with Crippen molar-refractivity contribution in [3.63, 3.8) is 0 Å². The monoisotopic (exact) mass is 770 g/mol. The summed E-state index contributed by atoms with van der Waals surface area (Å²) in [5.74, 6) is 0.338. The predicted octanol–water partition coefficient (Wildman–Crippen LogP) is 8.73. The molecule has 1 fully saturated rings. The van der Waals surface area contributed by atoms with Crippen LogP contribution in [0, 0.1) is 17.8 Å². The van der Waals surface area contributed by atoms with Crippen LogP contribution in [-0.2, 0) is 20.9 Å². The summed E-state index contributed by atoms with van der Waals surface area (Å²) in [6.45, 7) is 4.67. The molecule has 1 aliphatic heterocycles. The van der Waals surface area contributed by atoms with Gasteiger partial charge in [0.25, 0.3) is 0 Å². The first-order valence-electron chi connectivity index (χ1n) is 19.2. The average molecular weight is 771 g/mol. The van der Waals surface area contributed by atoms with Gasteiger partial charge >= 0.3 is 6.09 Å². The molecule has 6 unspecified atom stereocenters. The number of carbonyl (C=O) groups is 1. The number of methoxy groups -OCH3 is 1. The largest absolute Gasteiger partial charge is 0.459 e. The number of nitrogens with zero attached hydrogens (tertiary/aromatic N) is 2. The summed E-state index contributed by atoms with van der Waals surface area (Å²) in [7, 11) is 3.08. The molecule has 2 N–H and O–H groups in total. The number of aliphatic hydroxyl groups excluding tert-OH is 2. The Labute approximate surface area is 329 Å². The lowest BCUT2D eigenvalue weighted by Crippen LogP contribution is -2.69. The molecule has 55 heavy (non-hydrogen) atoms. The van der Waals surface area contributed by atoms with Crippen LogP contribution in [0.4, 0.5) is 4.79 Å². The van der Waals surface area contributed by atoms with Crippen molar-refractivity contribution in [2.45, 2.75) is 74.2 Å². The Morgan fingerprint density at radius 1 is 1.02 bits per heavy atom. The van der Waals surface area contributed by atoms with E-state index in [0.717, 1.165) is 58.7 Å². The molecule has 3 aromatic carbocycles. The van der Waals surface area contributed by atoms with Crippen molar-refractivity contribution in [2.24, 2.45) is 22.9 Å². The molecule has 6 rings (SSSR count). The molecule has 0 aromatic heterocycles. The van der Waals surface area contributed by atoms with E-state index in [0.29, 0.717) is 24.3 Å². The highest BCUT2D eigenvalue weighted by atomic mass is 32.2. The Bertz CT molecular complexity index is 1800. The summed E-state index contributed by atoms with van der Waals surface area (Å²) < 4.78 is 25.8. The van der Waals surface area contributed by atoms with Gasteiger partial charge in [-0.3, -0.25) is 0 Å². The number of fused-ring (bicyclic) bond motifs is 2. The van der Waals surface area contributed by atoms with Gasteiger partial charge in [-0.2, -0.15) is 0 Å². The molecule has 3 aromatic rings. The highest BCUT2D eigenvalue weighted by Gasteiger charge is 2.65. The van der Waals surface area contributed by atoms with Gasteiger partial charge < -0.3 is 38.9 Å². The van der Waals surface area contributed by atoms with E-state index in [1.54, 1.807) is 29.8 Å². The van der Waals surface area contributed by atoms with Crippen molar-refractivity contribution in [1.29, 1.82) is 0 Å². The molecule has 1 saturated carbocycles. The quantitative estimate of drug-likeness (QED) is 0.0567. The number of hydrogen-bond donors (Lipinski definition) is 2. The second-order valence-corrected chi connectivity index (χ2v) is 15.3. The Balaban J connectivity index is 1.54. The third-order valence-corrected chi connectivity index (χ3v) is 11.9. The third kappa shape index (κ3) is 8.91. The summed E-state index contributed by atoms with van der Waals surface area (Å²) in [6.07, 6.45) is 10.6. The molecule has 294 valence electrons. The van der Waals surface area contributed by atoms with Crippen molar-refractivity contribution in [3.05, 3.63) is 108 Å². The maximum Gasteiger partial charge on any atom is 0.409 e. The molecule has 3 aliphatic rings. The molecule has 6 atom stereocenters. The smallest absolute Gasteiger partial charge is 0.409 e. The number of hydrogen-bond acceptors (Lipinski definition) is 10. The first kappa shape index (κ1) is 40.4. The number of amides is 1. The number of aliphatic hydroxyl groups is 2. The number of rotatable bonds is 18. The predicted molar refractivity (Wildman–Crippen MR) is 215 cm³/mol. The molecule has 0 spiro atoms. The van der Waals surface area contributed by atoms with E-state index in [1.807, 2.05) is 73.0 Å². The minimum atomic E-state index is -1.35. The lowest BCUT2D eigenvalue weighted by Gasteiger charge is -2.59. The van der Waals surface area contributed by atoms with Gasteiger partial charge in [0.1, 0.15) is 29.9 Å². The topological polar surface area (TPSA) is 119 Å². The van der Waals surface area contributed by atoms with Gasteiger partial charge in [-0.1, -0.05) is 60.5 Å². The van der Waals surface area contributed by atoms with Crippen molar-refractivity contribution >= 4 is 23.6 Å². The molecule has 11 heteroatoms. The average Bonchev–Trinajstić information content (AvgIpc) is 3.21. The number of thioether (sulfide) groups is 1. The second kappa shape index (κ2) is 19.0. The highest BCUT2D eigenvalue weighted by molar-refractivity contribution is 7.98. The van der Waals surface area contributed by atoms with Crippen LogP contribution in [0.25, 0.3) is 0 Å². The fourth-order valence-corrected chi connectivity index (χ4v) is 9.01. The zero-order valence-electron chi connectivity index (χ0n) is 32.1. The molecule has 2 aliphatic carbocycles. The van der Waals surface area contributed by atoms with Gasteiger partial charge in [0.15, 0.2) is 0 Å². The van der Waals surface area contributed by atoms with Crippen molar-refractivity contribution in [2.75, 3.05) is 40.2 Å². The molecule has 1 amide bonds. The lowest BCUT2D eigenvalue weighted by atomic mass is 9.55. The minimum absolute atomic E-state index is 0.0955. The van der Waals surface area contributed by atoms with Gasteiger partial charge in [-0.05, 0) is 97.4 Å². The van der Waals surface area contributed by atoms with Crippen LogP contribution in [0.2, 0.25) is 0 Å². The van der Waals surface area contributed by atoms with Crippen LogP contribution >= 0.6 is 11.8 Å². The van der Waals surface area contributed by atoms with Crippen LogP contribution in [-0.4, -0.2) is 79.0 Å². The van der Waals surface area contributed by atoms with Crippen LogP contribution < -0.4 is 9.47 Å². The number of oxime groups is 1. The van der Waals surface area contributed by atoms with E-state index < -0.39 is 23.8 Å². The number of ether oxygens (including phenoxy) is 4. The number of allylic oxidation sites excluding steroid dienone is 1. The molecule has 1 heterocycles. The summed E-state index contributed by atoms with van der Waals surface area (Å²) in [5, 5.41) is 24.5. The standard InChI is InChI=1S/C44H54N2O8S/c1-5-25-51-44-40(46(2)43(49)50-3)28-38(45-52-29-30-13-7-6-8-14-30)36-26-31(15-9-11-23-47)35(16-10-12-24-48)41(42(36)44)37-27-33(19-22-39(37)54-44)53-32-17-20-34(55-4)21-18-32/h5-8,13-14,17-22,26-27,31,35,40-42,47-48H,1,9-12,15-16,23-25,28-29H2,2-4H3. The van der Waals surface area contributed by atoms with Gasteiger partial charge in [-0.25, -0.2) is 4.79 Å². The Kier molecular flexibility index (Phi) is 14.0. The van der Waals surface area contributed by atoms with E-state index in [4.69, 9.17) is 28.9 Å². The van der Waals surface area contributed by atoms with E-state index in [2.05, 4.69) is 18.7 Å². The van der Waals surface area contributed by atoms with Crippen molar-refractivity contribution in [3.8, 4) is 17.2 Å². The Hall–Kier alpha value is -4.29. The Morgan fingerprint density at radius 2 is 1.75 bits per heavy atom. The van der Waals surface area contributed by atoms with Gasteiger partial charge in [0, 0.05) is 43.1 Å². The van der Waals surface area contributed by atoms with Gasteiger partial charge in [0.05, 0.1) is 25.3 Å². The first-order chi connectivity index (χ1) is 26.9. The van der Waals surface area contributed by atoms with Gasteiger partial charge in [-0.15, -0.1) is 18.3 Å². The molecular formula is C44H54N2O8S. The molecule has 0 saturated heterocycles. The van der Waals surface area contributed by atoms with E-state index in [-0.39, 0.29) is 50.6 Å². The molecule has 10 nitrogen and oxygen atoms in total. The fraction of sp³-hybridized carbons (Fsp3) is 0.455. The summed E-state index contributed by atoms with van der Waals surface area (Å²) in [5.41, 5.74) is 3.66. The Morgan fingerprint density at radius 3 is 2.44 bits per heavy atom. The summed E-state index contributed by atoms with van der Waals surface area (Å²) in [6, 6.07) is 23.2. The van der Waals surface area contributed by atoms with Crippen LogP contribution in [0.5, 0.6) is 17.2 Å². The van der Waals surface area contributed by atoms with Crippen LogP contribution in [0.1, 0.15) is 62.0 Å². The number of unbranched alkanes of at least 4 members (excludes halogenated alkanes) is 2. The molecule has 0 radical (unpaired) electrons. The van der Waals surface area contributed by atoms with Crippen molar-refractivity contribution in [1.82, 2.24) is 4.90 Å². The van der Waals surface area contributed by atoms with E-state index in [1.165, 1.54) is 7.11 Å². The van der Waals surface area contributed by atoms with Crippen molar-refractivity contribution < 1.29 is 38.8 Å². The van der Waals surface area contributed by atoms with E-state index >= 15 is 0 Å². The zero-order chi connectivity index (χ0) is 38.8. The highest BCUT2D eigenvalue weighted by Crippen LogP contribution is 2.62. The second-order valence-electron chi connectivity index (χ2n) is 14.4. The fourth-order valence-electron chi connectivity index (χ4n) is 8.60. The van der Waals surface area contributed by atoms with Crippen LogP contribution in [0.3, 0.4) is 0 Å². The normalized spacial score (nSPS) is 24.5. The number of likely N-dealkylation sites (N-methyl/N-ethyl adjacent to an activating group) is 1. The first-order valence-corrected chi connectivity index (χ1v) is 20.5. The number of carbonyl (C=O) groups excluding carboxylic acids is 1. The van der Waals surface area contributed by atoms with Gasteiger partial charge in [0.2, 0.25) is 5.79 Å². The number of benzene rings is 3. The maximum atomic E-state index is 13.4.